The van der Waals surface area contributed by atoms with Crippen LogP contribution in [-0.2, 0) is 4.74 Å². The number of hydrogen-bond acceptors (Lipinski definition) is 2. The lowest BCUT2D eigenvalue weighted by Crippen LogP contribution is -2.37. The minimum atomic E-state index is -0.398. The first-order chi connectivity index (χ1) is 6.57. The zero-order valence-electron chi connectivity index (χ0n) is 9.75. The van der Waals surface area contributed by atoms with Crippen molar-refractivity contribution in [2.45, 2.75) is 51.6 Å². The van der Waals surface area contributed by atoms with Gasteiger partial charge in [0.2, 0.25) is 0 Å². The second kappa shape index (κ2) is 5.13. The van der Waals surface area contributed by atoms with Gasteiger partial charge in [-0.15, -0.1) is 0 Å². The van der Waals surface area contributed by atoms with Crippen molar-refractivity contribution in [1.82, 2.24) is 0 Å². The van der Waals surface area contributed by atoms with Crippen molar-refractivity contribution in [3.8, 4) is 0 Å². The maximum Gasteiger partial charge on any atom is 0.0651 e. The summed E-state index contributed by atoms with van der Waals surface area (Å²) in [4.78, 5) is 0. The number of methoxy groups -OCH3 is 1. The summed E-state index contributed by atoms with van der Waals surface area (Å²) in [6.45, 7) is 5.32. The summed E-state index contributed by atoms with van der Waals surface area (Å²) in [5.41, 5.74) is -0.398. The highest BCUT2D eigenvalue weighted by molar-refractivity contribution is 4.87. The minimum absolute atomic E-state index is 0.398. The molecule has 0 aromatic rings. The van der Waals surface area contributed by atoms with Gasteiger partial charge in [0.05, 0.1) is 5.60 Å². The quantitative estimate of drug-likeness (QED) is 0.707. The van der Waals surface area contributed by atoms with E-state index in [0.717, 1.165) is 38.2 Å². The molecular formula is C12H24O2. The Morgan fingerprint density at radius 2 is 2.07 bits per heavy atom. The lowest BCUT2D eigenvalue weighted by molar-refractivity contribution is -0.0397. The maximum atomic E-state index is 10.3. The van der Waals surface area contributed by atoms with Crippen LogP contribution in [0.15, 0.2) is 0 Å². The molecule has 1 fully saturated rings. The lowest BCUT2D eigenvalue weighted by Gasteiger charge is -2.39. The Balaban J connectivity index is 2.34. The molecule has 1 aliphatic carbocycles. The van der Waals surface area contributed by atoms with Gasteiger partial charge in [0.15, 0.2) is 0 Å². The summed E-state index contributed by atoms with van der Waals surface area (Å²) in [6, 6.07) is 0. The molecule has 0 radical (unpaired) electrons. The van der Waals surface area contributed by atoms with Crippen molar-refractivity contribution in [3.05, 3.63) is 0 Å². The topological polar surface area (TPSA) is 29.5 Å². The second-order valence-electron chi connectivity index (χ2n) is 5.02. The molecule has 0 aromatic heterocycles. The van der Waals surface area contributed by atoms with Crippen molar-refractivity contribution in [2.24, 2.45) is 11.8 Å². The third-order valence-electron chi connectivity index (χ3n) is 3.73. The van der Waals surface area contributed by atoms with Crippen molar-refractivity contribution in [3.63, 3.8) is 0 Å². The van der Waals surface area contributed by atoms with Crippen LogP contribution in [0, 0.1) is 11.8 Å². The van der Waals surface area contributed by atoms with Crippen LogP contribution in [0.1, 0.15) is 46.0 Å². The largest absolute Gasteiger partial charge is 0.390 e. The molecule has 84 valence electrons. The van der Waals surface area contributed by atoms with Crippen molar-refractivity contribution in [2.75, 3.05) is 13.7 Å². The molecule has 0 saturated heterocycles. The molecule has 1 N–H and O–H groups in total. The van der Waals surface area contributed by atoms with Gasteiger partial charge in [0.1, 0.15) is 0 Å². The highest BCUT2D eigenvalue weighted by Gasteiger charge is 2.35. The molecule has 0 aliphatic heterocycles. The maximum absolute atomic E-state index is 10.3. The molecular weight excluding hydrogens is 176 g/mol. The summed E-state index contributed by atoms with van der Waals surface area (Å²) < 4.78 is 5.01. The Labute approximate surface area is 87.7 Å². The van der Waals surface area contributed by atoms with E-state index in [1.54, 1.807) is 7.11 Å². The first kappa shape index (κ1) is 12.0. The lowest BCUT2D eigenvalue weighted by atomic mass is 9.71. The molecule has 2 nitrogen and oxygen atoms in total. The average Bonchev–Trinajstić information content (AvgIpc) is 2.13. The fourth-order valence-electron chi connectivity index (χ4n) is 2.46. The molecule has 1 saturated carbocycles. The first-order valence-corrected chi connectivity index (χ1v) is 5.79. The minimum Gasteiger partial charge on any atom is -0.390 e. The third kappa shape index (κ3) is 3.25. The normalized spacial score (nSPS) is 38.6. The SMILES string of the molecule is COCCCC1(O)CCC(C)C(C)C1. The van der Waals surface area contributed by atoms with E-state index in [1.807, 2.05) is 0 Å². The number of rotatable bonds is 4. The molecule has 0 amide bonds. The van der Waals surface area contributed by atoms with Gasteiger partial charge >= 0.3 is 0 Å². The van der Waals surface area contributed by atoms with Crippen LogP contribution >= 0.6 is 0 Å². The Bertz CT molecular complexity index is 170. The van der Waals surface area contributed by atoms with E-state index < -0.39 is 5.60 Å². The van der Waals surface area contributed by atoms with Crippen LogP contribution in [0.3, 0.4) is 0 Å². The molecule has 14 heavy (non-hydrogen) atoms. The Hall–Kier alpha value is -0.0800. The third-order valence-corrected chi connectivity index (χ3v) is 3.73. The molecule has 0 heterocycles. The second-order valence-corrected chi connectivity index (χ2v) is 5.02. The van der Waals surface area contributed by atoms with E-state index in [4.69, 9.17) is 4.74 Å². The highest BCUT2D eigenvalue weighted by atomic mass is 16.5. The fraction of sp³-hybridized carbons (Fsp3) is 1.00. The van der Waals surface area contributed by atoms with Gasteiger partial charge in [-0.2, -0.15) is 0 Å². The fourth-order valence-corrected chi connectivity index (χ4v) is 2.46. The Kier molecular flexibility index (Phi) is 4.39. The zero-order valence-corrected chi connectivity index (χ0v) is 9.75. The van der Waals surface area contributed by atoms with Crippen molar-refractivity contribution < 1.29 is 9.84 Å². The summed E-state index contributed by atoms with van der Waals surface area (Å²) in [6.07, 6.45) is 5.00. The molecule has 0 bridgehead atoms. The number of hydrogen-bond donors (Lipinski definition) is 1. The Morgan fingerprint density at radius 1 is 1.36 bits per heavy atom. The van der Waals surface area contributed by atoms with Gasteiger partial charge in [0.25, 0.3) is 0 Å². The number of ether oxygens (including phenoxy) is 1. The van der Waals surface area contributed by atoms with Crippen LogP contribution in [0.5, 0.6) is 0 Å². The van der Waals surface area contributed by atoms with Crippen LogP contribution in [0.4, 0.5) is 0 Å². The monoisotopic (exact) mass is 200 g/mol. The van der Waals surface area contributed by atoms with Crippen LogP contribution in [0.2, 0.25) is 0 Å². The smallest absolute Gasteiger partial charge is 0.0651 e. The Morgan fingerprint density at radius 3 is 2.64 bits per heavy atom. The van der Waals surface area contributed by atoms with Crippen LogP contribution in [0.25, 0.3) is 0 Å². The van der Waals surface area contributed by atoms with E-state index in [1.165, 1.54) is 6.42 Å². The molecule has 1 aliphatic rings. The van der Waals surface area contributed by atoms with Crippen LogP contribution in [-0.4, -0.2) is 24.4 Å². The van der Waals surface area contributed by atoms with Gasteiger partial charge in [-0.1, -0.05) is 13.8 Å². The van der Waals surface area contributed by atoms with E-state index in [2.05, 4.69) is 13.8 Å². The molecule has 0 aromatic carbocycles. The van der Waals surface area contributed by atoms with E-state index in [9.17, 15) is 5.11 Å². The summed E-state index contributed by atoms with van der Waals surface area (Å²) in [7, 11) is 1.72. The predicted octanol–water partition coefficient (Wildman–Crippen LogP) is 2.60. The van der Waals surface area contributed by atoms with Gasteiger partial charge < -0.3 is 9.84 Å². The van der Waals surface area contributed by atoms with Gasteiger partial charge in [0, 0.05) is 13.7 Å². The van der Waals surface area contributed by atoms with Crippen molar-refractivity contribution >= 4 is 0 Å². The van der Waals surface area contributed by atoms with Gasteiger partial charge in [-0.05, 0) is 43.9 Å². The molecule has 2 heteroatoms. The molecule has 3 atom stereocenters. The average molecular weight is 200 g/mol. The van der Waals surface area contributed by atoms with Crippen molar-refractivity contribution in [1.29, 1.82) is 0 Å². The van der Waals surface area contributed by atoms with Gasteiger partial charge in [-0.3, -0.25) is 0 Å². The summed E-state index contributed by atoms with van der Waals surface area (Å²) >= 11 is 0. The van der Waals surface area contributed by atoms with Gasteiger partial charge in [-0.25, -0.2) is 0 Å². The van der Waals surface area contributed by atoms with Crippen LogP contribution < -0.4 is 0 Å². The van der Waals surface area contributed by atoms with E-state index >= 15 is 0 Å². The summed E-state index contributed by atoms with van der Waals surface area (Å²) in [5, 5.41) is 10.3. The standard InChI is InChI=1S/C12H24O2/c1-10-5-7-12(13,9-11(10)2)6-4-8-14-3/h10-11,13H,4-9H2,1-3H3. The number of aliphatic hydroxyl groups is 1. The summed E-state index contributed by atoms with van der Waals surface area (Å²) in [5.74, 6) is 1.44. The zero-order chi connectivity index (χ0) is 10.6. The van der Waals surface area contributed by atoms with E-state index in [0.29, 0.717) is 5.92 Å². The highest BCUT2D eigenvalue weighted by Crippen LogP contribution is 2.38. The molecule has 1 rings (SSSR count). The molecule has 3 unspecified atom stereocenters. The van der Waals surface area contributed by atoms with E-state index in [-0.39, 0.29) is 0 Å². The molecule has 0 spiro atoms. The first-order valence-electron chi connectivity index (χ1n) is 5.79. The predicted molar refractivity (Wildman–Crippen MR) is 58.2 cm³/mol.